The molecule has 0 heterocycles. The number of nitrogens with one attached hydrogen (secondary N) is 1. The van der Waals surface area contributed by atoms with Crippen LogP contribution >= 0.6 is 0 Å². The van der Waals surface area contributed by atoms with Crippen molar-refractivity contribution in [2.45, 2.75) is 26.7 Å². The van der Waals surface area contributed by atoms with E-state index in [0.29, 0.717) is 18.6 Å². The summed E-state index contributed by atoms with van der Waals surface area (Å²) in [5, 5.41) is 8.88. The van der Waals surface area contributed by atoms with Crippen LogP contribution in [0.2, 0.25) is 0 Å². The lowest BCUT2D eigenvalue weighted by atomic mass is 9.93. The first-order valence-corrected chi connectivity index (χ1v) is 8.93. The highest BCUT2D eigenvalue weighted by molar-refractivity contribution is 5.93. The van der Waals surface area contributed by atoms with Crippen molar-refractivity contribution >= 4 is 11.9 Å². The first-order chi connectivity index (χ1) is 13.0. The number of carbonyl (C=O) groups excluding carboxylic acids is 2. The Morgan fingerprint density at radius 2 is 1.93 bits per heavy atom. The molecular formula is C21H23NO5. The number of hydrogen-bond acceptors (Lipinski definition) is 5. The van der Waals surface area contributed by atoms with E-state index in [2.05, 4.69) is 0 Å². The van der Waals surface area contributed by atoms with Gasteiger partial charge in [-0.1, -0.05) is 24.3 Å². The van der Waals surface area contributed by atoms with E-state index in [9.17, 15) is 9.59 Å². The molecule has 1 saturated carbocycles. The Kier molecular flexibility index (Phi) is 5.46. The first-order valence-electron chi connectivity index (χ1n) is 8.93. The Labute approximate surface area is 158 Å². The lowest BCUT2D eigenvalue weighted by molar-refractivity contribution is -0.152. The number of esters is 1. The fourth-order valence-electron chi connectivity index (χ4n) is 3.35. The lowest BCUT2D eigenvalue weighted by Crippen LogP contribution is -2.30. The van der Waals surface area contributed by atoms with Gasteiger partial charge < -0.3 is 9.47 Å². The van der Waals surface area contributed by atoms with Crippen LogP contribution in [0.4, 0.5) is 0 Å². The third kappa shape index (κ3) is 4.11. The van der Waals surface area contributed by atoms with Crippen molar-refractivity contribution in [3.05, 3.63) is 59.7 Å². The summed E-state index contributed by atoms with van der Waals surface area (Å²) in [5.41, 5.74) is 2.73. The Bertz CT molecular complexity index is 833. The Morgan fingerprint density at radius 1 is 1.19 bits per heavy atom. The maximum atomic E-state index is 12.4. The van der Waals surface area contributed by atoms with E-state index >= 15 is 0 Å². The third-order valence-corrected chi connectivity index (χ3v) is 4.85. The van der Waals surface area contributed by atoms with Crippen molar-refractivity contribution in [1.29, 1.82) is 0 Å². The largest absolute Gasteiger partial charge is 0.466 e. The zero-order chi connectivity index (χ0) is 19.4. The van der Waals surface area contributed by atoms with Gasteiger partial charge in [0.05, 0.1) is 17.9 Å². The first kappa shape index (κ1) is 18.9. The summed E-state index contributed by atoms with van der Waals surface area (Å²) < 4.78 is 11.0. The maximum Gasteiger partial charge on any atom is 0.313 e. The Hall–Kier alpha value is -2.86. The zero-order valence-electron chi connectivity index (χ0n) is 15.4. The second-order valence-corrected chi connectivity index (χ2v) is 6.85. The van der Waals surface area contributed by atoms with Crippen LogP contribution in [0, 0.1) is 18.3 Å². The molecule has 2 aromatic carbocycles. The minimum Gasteiger partial charge on any atom is -0.466 e. The molecular weight excluding hydrogens is 346 g/mol. The normalized spacial score (nSPS) is 20.6. The van der Waals surface area contributed by atoms with Crippen LogP contribution in [0.5, 0.6) is 11.5 Å². The highest BCUT2D eigenvalue weighted by Crippen LogP contribution is 2.56. The molecule has 6 nitrogen and oxygen atoms in total. The minimum atomic E-state index is -0.915. The second-order valence-electron chi connectivity index (χ2n) is 6.85. The molecule has 0 unspecified atom stereocenters. The van der Waals surface area contributed by atoms with Crippen LogP contribution < -0.4 is 10.2 Å². The Balaban J connectivity index is 1.72. The molecule has 6 heteroatoms. The molecule has 0 saturated heterocycles. The van der Waals surface area contributed by atoms with Crippen LogP contribution in [0.25, 0.3) is 0 Å². The zero-order valence-corrected chi connectivity index (χ0v) is 15.4. The van der Waals surface area contributed by atoms with Gasteiger partial charge in [-0.3, -0.25) is 14.8 Å². The topological polar surface area (TPSA) is 84.9 Å². The molecule has 0 aromatic heterocycles. The van der Waals surface area contributed by atoms with Crippen LogP contribution in [0.15, 0.2) is 48.5 Å². The summed E-state index contributed by atoms with van der Waals surface area (Å²) >= 11 is 0. The summed E-state index contributed by atoms with van der Waals surface area (Å²) in [6.07, 6.45) is 0.731. The fourth-order valence-corrected chi connectivity index (χ4v) is 3.35. The number of rotatable bonds is 7. The van der Waals surface area contributed by atoms with Gasteiger partial charge in [-0.25, -0.2) is 5.48 Å². The van der Waals surface area contributed by atoms with E-state index in [1.54, 1.807) is 12.4 Å². The van der Waals surface area contributed by atoms with Gasteiger partial charge in [-0.15, -0.1) is 0 Å². The van der Waals surface area contributed by atoms with Gasteiger partial charge in [0.2, 0.25) is 5.91 Å². The summed E-state index contributed by atoms with van der Waals surface area (Å²) in [5.74, 6) is -0.0893. The standard InChI is InChI=1S/C21H23NO5/c1-3-26-20(24)21(13-18(21)19(23)22-25)12-15-7-9-16(10-8-15)27-17-6-4-5-14(2)11-17/h4-11,18,25H,3,12-13H2,1-2H3,(H,22,23)/t18-,21+/m1/s1. The van der Waals surface area contributed by atoms with E-state index in [1.807, 2.05) is 55.5 Å². The summed E-state index contributed by atoms with van der Waals surface area (Å²) in [4.78, 5) is 24.2. The highest BCUT2D eigenvalue weighted by Gasteiger charge is 2.64. The van der Waals surface area contributed by atoms with Crippen molar-refractivity contribution in [3.63, 3.8) is 0 Å². The molecule has 1 amide bonds. The Morgan fingerprint density at radius 3 is 2.56 bits per heavy atom. The molecule has 3 rings (SSSR count). The molecule has 142 valence electrons. The molecule has 0 spiro atoms. The molecule has 1 fully saturated rings. The number of hydroxylamine groups is 1. The van der Waals surface area contributed by atoms with Crippen molar-refractivity contribution in [3.8, 4) is 11.5 Å². The number of amides is 1. The van der Waals surface area contributed by atoms with Crippen LogP contribution in [-0.2, 0) is 20.7 Å². The smallest absolute Gasteiger partial charge is 0.313 e. The number of ether oxygens (including phenoxy) is 2. The number of carbonyl (C=O) groups is 2. The quantitative estimate of drug-likeness (QED) is 0.444. The fraction of sp³-hybridized carbons (Fsp3) is 0.333. The maximum absolute atomic E-state index is 12.4. The number of aryl methyl sites for hydroxylation is 1. The highest BCUT2D eigenvalue weighted by atomic mass is 16.5. The molecule has 2 N–H and O–H groups in total. The molecule has 0 radical (unpaired) electrons. The third-order valence-electron chi connectivity index (χ3n) is 4.85. The van der Waals surface area contributed by atoms with Gasteiger partial charge in [0.15, 0.2) is 0 Å². The van der Waals surface area contributed by atoms with E-state index in [4.69, 9.17) is 14.7 Å². The van der Waals surface area contributed by atoms with E-state index in [-0.39, 0.29) is 6.61 Å². The van der Waals surface area contributed by atoms with Crippen molar-refractivity contribution in [1.82, 2.24) is 5.48 Å². The number of hydrogen-bond donors (Lipinski definition) is 2. The summed E-state index contributed by atoms with van der Waals surface area (Å²) in [6, 6.07) is 15.2. The van der Waals surface area contributed by atoms with E-state index in [1.165, 1.54) is 0 Å². The monoisotopic (exact) mass is 369 g/mol. The average molecular weight is 369 g/mol. The van der Waals surface area contributed by atoms with E-state index < -0.39 is 23.2 Å². The SMILES string of the molecule is CCOC(=O)[C@@]1(Cc2ccc(Oc3cccc(C)c3)cc2)C[C@@H]1C(=O)NO. The van der Waals surface area contributed by atoms with Gasteiger partial charge in [0.1, 0.15) is 11.5 Å². The second kappa shape index (κ2) is 7.80. The summed E-state index contributed by atoms with van der Waals surface area (Å²) in [7, 11) is 0. The lowest BCUT2D eigenvalue weighted by Gasteiger charge is -2.16. The van der Waals surface area contributed by atoms with Gasteiger partial charge >= 0.3 is 5.97 Å². The molecule has 27 heavy (non-hydrogen) atoms. The average Bonchev–Trinajstić information content (AvgIpc) is 3.38. The predicted octanol–water partition coefficient (Wildman–Crippen LogP) is 3.40. The van der Waals surface area contributed by atoms with Crippen LogP contribution in [0.3, 0.4) is 0 Å². The van der Waals surface area contributed by atoms with Crippen LogP contribution in [0.1, 0.15) is 24.5 Å². The molecule has 0 bridgehead atoms. The van der Waals surface area contributed by atoms with E-state index in [0.717, 1.165) is 16.9 Å². The molecule has 1 aliphatic rings. The molecule has 0 aliphatic heterocycles. The van der Waals surface area contributed by atoms with Crippen molar-refractivity contribution in [2.75, 3.05) is 6.61 Å². The van der Waals surface area contributed by atoms with Gasteiger partial charge in [-0.05, 0) is 62.1 Å². The van der Waals surface area contributed by atoms with Gasteiger partial charge in [0.25, 0.3) is 0 Å². The molecule has 2 atom stereocenters. The summed E-state index contributed by atoms with van der Waals surface area (Å²) in [6.45, 7) is 3.98. The minimum absolute atomic E-state index is 0.247. The predicted molar refractivity (Wildman–Crippen MR) is 98.5 cm³/mol. The van der Waals surface area contributed by atoms with Gasteiger partial charge in [-0.2, -0.15) is 0 Å². The molecule has 2 aromatic rings. The molecule has 1 aliphatic carbocycles. The van der Waals surface area contributed by atoms with Crippen LogP contribution in [-0.4, -0.2) is 23.7 Å². The van der Waals surface area contributed by atoms with Crippen molar-refractivity contribution < 1.29 is 24.3 Å². The van der Waals surface area contributed by atoms with Crippen molar-refractivity contribution in [2.24, 2.45) is 11.3 Å². The number of benzene rings is 2. The van der Waals surface area contributed by atoms with Gasteiger partial charge in [0, 0.05) is 0 Å².